The molecule has 24 heavy (non-hydrogen) atoms. The van der Waals surface area contributed by atoms with Crippen LogP contribution in [0.2, 0.25) is 19.6 Å². The number of hydrogen-bond acceptors (Lipinski definition) is 4. The van der Waals surface area contributed by atoms with E-state index < -0.39 is 13.2 Å². The predicted octanol–water partition coefficient (Wildman–Crippen LogP) is 4.86. The van der Waals surface area contributed by atoms with Gasteiger partial charge in [-0.05, 0) is 42.9 Å². The summed E-state index contributed by atoms with van der Waals surface area (Å²) in [4.78, 5) is 14.7. The minimum atomic E-state index is -1.81. The van der Waals surface area contributed by atoms with Crippen LogP contribution in [-0.4, -0.2) is 19.5 Å². The summed E-state index contributed by atoms with van der Waals surface area (Å²) < 4.78 is 6.02. The fourth-order valence-electron chi connectivity index (χ4n) is 1.92. The van der Waals surface area contributed by atoms with Gasteiger partial charge in [-0.2, -0.15) is 0 Å². The van der Waals surface area contributed by atoms with Crippen molar-refractivity contribution in [2.24, 2.45) is 4.99 Å². The summed E-state index contributed by atoms with van der Waals surface area (Å²) >= 11 is 0. The molecule has 0 aliphatic rings. The molecule has 6 heteroatoms. The molecule has 2 aromatic rings. The zero-order chi connectivity index (χ0) is 17.6. The number of nitro benzene ring substituents is 1. The van der Waals surface area contributed by atoms with Crippen LogP contribution >= 0.6 is 0 Å². The third-order valence-electron chi connectivity index (χ3n) is 2.95. The van der Waals surface area contributed by atoms with E-state index in [1.54, 1.807) is 18.3 Å². The largest absolute Gasteiger partial charge is 0.531 e. The Labute approximate surface area is 142 Å². The highest BCUT2D eigenvalue weighted by Crippen LogP contribution is 2.16. The monoisotopic (exact) mass is 340 g/mol. The molecule has 0 saturated heterocycles. The first-order valence-corrected chi connectivity index (χ1v) is 11.0. The molecule has 0 radical (unpaired) electrons. The maximum Gasteiger partial charge on any atom is 0.269 e. The van der Waals surface area contributed by atoms with Crippen molar-refractivity contribution in [1.82, 2.24) is 0 Å². The summed E-state index contributed by atoms with van der Waals surface area (Å²) in [6.07, 6.45) is 3.54. The summed E-state index contributed by atoms with van der Waals surface area (Å²) in [6.45, 7) is 6.27. The zero-order valence-electron chi connectivity index (χ0n) is 14.0. The van der Waals surface area contributed by atoms with E-state index in [9.17, 15) is 10.1 Å². The van der Waals surface area contributed by atoms with Crippen molar-refractivity contribution in [2.45, 2.75) is 19.6 Å². The Bertz CT molecular complexity index is 748. The molecule has 5 nitrogen and oxygen atoms in total. The van der Waals surface area contributed by atoms with Gasteiger partial charge in [-0.3, -0.25) is 10.1 Å². The van der Waals surface area contributed by atoms with E-state index >= 15 is 0 Å². The maximum atomic E-state index is 10.7. The first-order chi connectivity index (χ1) is 11.3. The minimum absolute atomic E-state index is 0.0607. The lowest BCUT2D eigenvalue weighted by molar-refractivity contribution is -0.384. The lowest BCUT2D eigenvalue weighted by Gasteiger charge is -2.19. The van der Waals surface area contributed by atoms with Crippen molar-refractivity contribution >= 4 is 26.3 Å². The normalized spacial score (nSPS) is 12.4. The summed E-state index contributed by atoms with van der Waals surface area (Å²) in [5.41, 5.74) is 1.84. The molecule has 0 aliphatic heterocycles. The Kier molecular flexibility index (Phi) is 5.65. The Morgan fingerprint density at radius 2 is 1.67 bits per heavy atom. The number of non-ortho nitro benzene ring substituents is 1. The number of hydrogen-bond donors (Lipinski definition) is 0. The highest BCUT2D eigenvalue weighted by molar-refractivity contribution is 6.70. The van der Waals surface area contributed by atoms with Crippen LogP contribution in [0.15, 0.2) is 65.5 Å². The first-order valence-electron chi connectivity index (χ1n) is 7.58. The van der Waals surface area contributed by atoms with Gasteiger partial charge in [0.1, 0.15) is 0 Å². The Balaban J connectivity index is 2.24. The van der Waals surface area contributed by atoms with Gasteiger partial charge in [-0.15, -0.1) is 0 Å². The predicted molar refractivity (Wildman–Crippen MR) is 99.5 cm³/mol. The van der Waals surface area contributed by atoms with Crippen LogP contribution in [-0.2, 0) is 4.43 Å². The SMILES string of the molecule is C[Si](C)(C)OC(=C\c1ccccc1)/N=C/c1ccc([N+](=O)[O-])cc1. The standard InChI is InChI=1S/C18H20N2O3Si/c1-24(2,3)23-18(13-15-7-5-4-6-8-15)19-14-16-9-11-17(12-10-16)20(21)22/h4-14H,1-3H3/b18-13-,19-14+. The maximum absolute atomic E-state index is 10.7. The van der Waals surface area contributed by atoms with Crippen LogP contribution in [0.5, 0.6) is 0 Å². The van der Waals surface area contributed by atoms with E-state index in [4.69, 9.17) is 4.43 Å². The van der Waals surface area contributed by atoms with Crippen molar-refractivity contribution in [2.75, 3.05) is 0 Å². The van der Waals surface area contributed by atoms with Crippen LogP contribution < -0.4 is 0 Å². The van der Waals surface area contributed by atoms with Gasteiger partial charge >= 0.3 is 0 Å². The van der Waals surface area contributed by atoms with Gasteiger partial charge in [-0.1, -0.05) is 30.3 Å². The van der Waals surface area contributed by atoms with Crippen molar-refractivity contribution in [1.29, 1.82) is 0 Å². The van der Waals surface area contributed by atoms with Gasteiger partial charge < -0.3 is 4.43 Å². The van der Waals surface area contributed by atoms with Crippen molar-refractivity contribution in [3.63, 3.8) is 0 Å². The van der Waals surface area contributed by atoms with Crippen molar-refractivity contribution < 1.29 is 9.35 Å². The lowest BCUT2D eigenvalue weighted by Crippen LogP contribution is -2.24. The lowest BCUT2D eigenvalue weighted by atomic mass is 10.2. The summed E-state index contributed by atoms with van der Waals surface area (Å²) in [7, 11) is -1.81. The smallest absolute Gasteiger partial charge is 0.269 e. The molecule has 124 valence electrons. The van der Waals surface area contributed by atoms with Crippen LogP contribution in [0.4, 0.5) is 5.69 Å². The number of aliphatic imine (C=N–C) groups is 1. The average Bonchev–Trinajstić information content (AvgIpc) is 2.52. The molecule has 0 fully saturated rings. The highest BCUT2D eigenvalue weighted by Gasteiger charge is 2.17. The molecule has 0 spiro atoms. The number of benzene rings is 2. The second-order valence-electron chi connectivity index (χ2n) is 6.21. The van der Waals surface area contributed by atoms with Gasteiger partial charge in [0, 0.05) is 24.4 Å². The molecule has 0 N–H and O–H groups in total. The molecule has 0 amide bonds. The topological polar surface area (TPSA) is 64.7 Å². The van der Waals surface area contributed by atoms with Gasteiger partial charge in [-0.25, -0.2) is 4.99 Å². The fraction of sp³-hybridized carbons (Fsp3) is 0.167. The second kappa shape index (κ2) is 7.70. The third-order valence-corrected chi connectivity index (χ3v) is 3.77. The van der Waals surface area contributed by atoms with Crippen molar-refractivity contribution in [3.05, 3.63) is 81.7 Å². The second-order valence-corrected chi connectivity index (χ2v) is 10.6. The summed E-state index contributed by atoms with van der Waals surface area (Å²) in [5.74, 6) is 0.540. The van der Waals surface area contributed by atoms with E-state index in [1.165, 1.54) is 12.1 Å². The van der Waals surface area contributed by atoms with Crippen LogP contribution in [0.1, 0.15) is 11.1 Å². The Morgan fingerprint density at radius 1 is 1.04 bits per heavy atom. The number of nitro groups is 1. The summed E-state index contributed by atoms with van der Waals surface area (Å²) in [5, 5.41) is 10.7. The Morgan fingerprint density at radius 3 is 2.21 bits per heavy atom. The molecule has 2 aromatic carbocycles. The minimum Gasteiger partial charge on any atom is -0.531 e. The zero-order valence-corrected chi connectivity index (χ0v) is 15.0. The van der Waals surface area contributed by atoms with E-state index in [0.29, 0.717) is 5.88 Å². The van der Waals surface area contributed by atoms with Crippen LogP contribution in [0, 0.1) is 10.1 Å². The van der Waals surface area contributed by atoms with Gasteiger partial charge in [0.25, 0.3) is 5.69 Å². The quantitative estimate of drug-likeness (QED) is 0.248. The molecular formula is C18H20N2O3Si. The average molecular weight is 340 g/mol. The van der Waals surface area contributed by atoms with Crippen molar-refractivity contribution in [3.8, 4) is 0 Å². The highest BCUT2D eigenvalue weighted by atomic mass is 28.4. The van der Waals surface area contributed by atoms with E-state index in [1.807, 2.05) is 36.4 Å². The number of nitrogens with zero attached hydrogens (tertiary/aromatic N) is 2. The van der Waals surface area contributed by atoms with E-state index in [0.717, 1.165) is 11.1 Å². The Hall–Kier alpha value is -2.73. The molecular weight excluding hydrogens is 320 g/mol. The van der Waals surface area contributed by atoms with Gasteiger partial charge in [0.05, 0.1) is 4.92 Å². The van der Waals surface area contributed by atoms with E-state index in [-0.39, 0.29) is 5.69 Å². The first kappa shape index (κ1) is 17.6. The van der Waals surface area contributed by atoms with Gasteiger partial charge in [0.15, 0.2) is 5.88 Å². The summed E-state index contributed by atoms with van der Waals surface area (Å²) in [6, 6.07) is 16.1. The molecule has 2 rings (SSSR count). The molecule has 0 bridgehead atoms. The third kappa shape index (κ3) is 5.81. The molecule has 0 saturated carbocycles. The molecule has 0 aliphatic carbocycles. The number of rotatable bonds is 6. The molecule has 0 unspecified atom stereocenters. The molecule has 0 atom stereocenters. The van der Waals surface area contributed by atoms with Crippen LogP contribution in [0.3, 0.4) is 0 Å². The van der Waals surface area contributed by atoms with Crippen LogP contribution in [0.25, 0.3) is 6.08 Å². The fourth-order valence-corrected chi connectivity index (χ4v) is 2.66. The molecule has 0 heterocycles. The molecule has 0 aromatic heterocycles. The van der Waals surface area contributed by atoms with E-state index in [2.05, 4.69) is 24.6 Å². The van der Waals surface area contributed by atoms with Gasteiger partial charge in [0.2, 0.25) is 8.32 Å².